The molecule has 1 aliphatic carbocycles. The van der Waals surface area contributed by atoms with E-state index in [-0.39, 0.29) is 24.8 Å². The fraction of sp³-hybridized carbons (Fsp3) is 0.333. The second-order valence-electron chi connectivity index (χ2n) is 8.51. The number of carbonyl (C=O) groups excluding carboxylic acids is 1. The summed E-state index contributed by atoms with van der Waals surface area (Å²) in [6.45, 7) is -0.128. The zero-order valence-corrected chi connectivity index (χ0v) is 18.3. The summed E-state index contributed by atoms with van der Waals surface area (Å²) in [6.07, 6.45) is 7.92. The highest BCUT2D eigenvalue weighted by Gasteiger charge is 2.22. The van der Waals surface area contributed by atoms with Gasteiger partial charge in [0.25, 0.3) is 5.91 Å². The molecule has 1 amide bonds. The van der Waals surface area contributed by atoms with Gasteiger partial charge in [0, 0.05) is 37.5 Å². The van der Waals surface area contributed by atoms with Crippen molar-refractivity contribution < 1.29 is 14.3 Å². The summed E-state index contributed by atoms with van der Waals surface area (Å²) in [4.78, 5) is 25.2. The third-order valence-corrected chi connectivity index (χ3v) is 6.15. The van der Waals surface area contributed by atoms with Gasteiger partial charge in [-0.05, 0) is 48.2 Å². The van der Waals surface area contributed by atoms with Crippen LogP contribution in [0.4, 0.5) is 4.39 Å². The Bertz CT molecular complexity index is 1320. The SMILES string of the molecule is Cn1cc(-c2cc(F)cc(CNC(=O)c3nccc4[nH]c(C5CCCC5)nc34)c2)c(CO)n1. The topological polar surface area (TPSA) is 109 Å². The van der Waals surface area contributed by atoms with E-state index >= 15 is 0 Å². The fourth-order valence-corrected chi connectivity index (χ4v) is 4.58. The lowest BCUT2D eigenvalue weighted by Crippen LogP contribution is -2.24. The molecule has 1 saturated carbocycles. The van der Waals surface area contributed by atoms with Crippen LogP contribution in [0, 0.1) is 5.82 Å². The molecule has 3 aromatic heterocycles. The minimum Gasteiger partial charge on any atom is -0.390 e. The first kappa shape index (κ1) is 21.3. The van der Waals surface area contributed by atoms with Gasteiger partial charge in [0.2, 0.25) is 0 Å². The molecule has 0 bridgehead atoms. The Morgan fingerprint density at radius 3 is 2.91 bits per heavy atom. The van der Waals surface area contributed by atoms with Crippen molar-refractivity contribution in [3.8, 4) is 11.1 Å². The first-order chi connectivity index (χ1) is 16.0. The molecule has 9 heteroatoms. The number of carbonyl (C=O) groups is 1. The van der Waals surface area contributed by atoms with Gasteiger partial charge in [-0.3, -0.25) is 9.48 Å². The molecule has 1 aliphatic rings. The van der Waals surface area contributed by atoms with E-state index in [9.17, 15) is 14.3 Å². The summed E-state index contributed by atoms with van der Waals surface area (Å²) in [5.41, 5.74) is 3.88. The van der Waals surface area contributed by atoms with Gasteiger partial charge in [0.1, 0.15) is 17.2 Å². The van der Waals surface area contributed by atoms with Crippen LogP contribution in [0.2, 0.25) is 0 Å². The summed E-state index contributed by atoms with van der Waals surface area (Å²) in [6, 6.07) is 6.36. The molecule has 0 atom stereocenters. The summed E-state index contributed by atoms with van der Waals surface area (Å²) in [5, 5.41) is 16.6. The summed E-state index contributed by atoms with van der Waals surface area (Å²) < 4.78 is 15.9. The van der Waals surface area contributed by atoms with E-state index in [1.165, 1.54) is 25.0 Å². The molecule has 33 heavy (non-hydrogen) atoms. The van der Waals surface area contributed by atoms with Crippen molar-refractivity contribution in [3.63, 3.8) is 0 Å². The second kappa shape index (κ2) is 8.74. The highest BCUT2D eigenvalue weighted by molar-refractivity contribution is 6.02. The molecule has 0 aliphatic heterocycles. The molecule has 4 aromatic rings. The van der Waals surface area contributed by atoms with Gasteiger partial charge >= 0.3 is 0 Å². The fourth-order valence-electron chi connectivity index (χ4n) is 4.58. The number of hydrogen-bond donors (Lipinski definition) is 3. The number of amides is 1. The second-order valence-corrected chi connectivity index (χ2v) is 8.51. The summed E-state index contributed by atoms with van der Waals surface area (Å²) >= 11 is 0. The van der Waals surface area contributed by atoms with Crippen molar-refractivity contribution in [2.24, 2.45) is 7.05 Å². The number of aliphatic hydroxyl groups excluding tert-OH is 1. The number of nitrogens with zero attached hydrogens (tertiary/aromatic N) is 4. The van der Waals surface area contributed by atoms with Crippen LogP contribution in [0.1, 0.15) is 59.2 Å². The van der Waals surface area contributed by atoms with Gasteiger partial charge in [-0.2, -0.15) is 5.10 Å². The van der Waals surface area contributed by atoms with Crippen LogP contribution in [-0.4, -0.2) is 35.7 Å². The zero-order valence-electron chi connectivity index (χ0n) is 18.3. The number of aliphatic hydroxyl groups is 1. The quantitative estimate of drug-likeness (QED) is 0.418. The smallest absolute Gasteiger partial charge is 0.272 e. The number of pyridine rings is 1. The Balaban J connectivity index is 1.37. The largest absolute Gasteiger partial charge is 0.390 e. The van der Waals surface area contributed by atoms with Crippen molar-refractivity contribution in [2.75, 3.05) is 0 Å². The maximum Gasteiger partial charge on any atom is 0.272 e. The predicted octanol–water partition coefficient (Wildman–Crippen LogP) is 3.58. The molecule has 3 N–H and O–H groups in total. The van der Waals surface area contributed by atoms with E-state index in [2.05, 4.69) is 25.4 Å². The van der Waals surface area contributed by atoms with Gasteiger partial charge in [-0.1, -0.05) is 12.8 Å². The van der Waals surface area contributed by atoms with Gasteiger partial charge in [-0.25, -0.2) is 14.4 Å². The third kappa shape index (κ3) is 4.23. The molecule has 8 nitrogen and oxygen atoms in total. The lowest BCUT2D eigenvalue weighted by molar-refractivity contribution is 0.0947. The number of rotatable bonds is 6. The van der Waals surface area contributed by atoms with Crippen molar-refractivity contribution in [1.29, 1.82) is 0 Å². The summed E-state index contributed by atoms with van der Waals surface area (Å²) in [7, 11) is 1.74. The Morgan fingerprint density at radius 1 is 1.30 bits per heavy atom. The van der Waals surface area contributed by atoms with E-state index in [1.54, 1.807) is 30.2 Å². The maximum absolute atomic E-state index is 14.3. The van der Waals surface area contributed by atoms with Crippen LogP contribution in [-0.2, 0) is 20.2 Å². The number of H-pyrrole nitrogens is 1. The molecule has 1 aromatic carbocycles. The standard InChI is InChI=1S/C24H25FN6O2/c1-31-12-18(20(13-32)30-31)16-8-14(9-17(25)10-16)11-27-24(33)22-21-19(6-7-26-22)28-23(29-21)15-4-2-3-5-15/h6-10,12,15,32H,2-5,11,13H2,1H3,(H,27,33)(H,28,29). The predicted molar refractivity (Wildman–Crippen MR) is 121 cm³/mol. The minimum atomic E-state index is -0.432. The highest BCUT2D eigenvalue weighted by atomic mass is 19.1. The van der Waals surface area contributed by atoms with Crippen molar-refractivity contribution >= 4 is 16.9 Å². The van der Waals surface area contributed by atoms with Gasteiger partial charge in [0.15, 0.2) is 5.69 Å². The molecule has 0 radical (unpaired) electrons. The monoisotopic (exact) mass is 448 g/mol. The highest BCUT2D eigenvalue weighted by Crippen LogP contribution is 2.33. The molecule has 0 spiro atoms. The van der Waals surface area contributed by atoms with E-state index in [0.29, 0.717) is 33.8 Å². The number of aromatic amines is 1. The van der Waals surface area contributed by atoms with Gasteiger partial charge < -0.3 is 15.4 Å². The molecule has 1 fully saturated rings. The molecule has 170 valence electrons. The lowest BCUT2D eigenvalue weighted by Gasteiger charge is -2.08. The Labute approximate surface area is 189 Å². The number of hydrogen-bond acceptors (Lipinski definition) is 5. The van der Waals surface area contributed by atoms with Gasteiger partial charge in [-0.15, -0.1) is 0 Å². The number of benzene rings is 1. The zero-order chi connectivity index (χ0) is 22.9. The number of aromatic nitrogens is 5. The molecule has 5 rings (SSSR count). The molecular formula is C24H25FN6O2. The van der Waals surface area contributed by atoms with Crippen LogP contribution >= 0.6 is 0 Å². The number of imidazole rings is 1. The molecule has 3 heterocycles. The van der Waals surface area contributed by atoms with Crippen molar-refractivity contribution in [2.45, 2.75) is 44.8 Å². The Kier molecular flexibility index (Phi) is 5.63. The third-order valence-electron chi connectivity index (χ3n) is 6.15. The number of aryl methyl sites for hydroxylation is 1. The summed E-state index contributed by atoms with van der Waals surface area (Å²) in [5.74, 6) is 0.511. The van der Waals surface area contributed by atoms with Crippen LogP contribution < -0.4 is 5.32 Å². The Morgan fingerprint density at radius 2 is 2.12 bits per heavy atom. The normalized spacial score (nSPS) is 14.3. The van der Waals surface area contributed by atoms with Crippen molar-refractivity contribution in [3.05, 3.63) is 65.3 Å². The van der Waals surface area contributed by atoms with Crippen LogP contribution in [0.15, 0.2) is 36.7 Å². The van der Waals surface area contributed by atoms with Crippen molar-refractivity contribution in [1.82, 2.24) is 30.0 Å². The van der Waals surface area contributed by atoms with E-state index < -0.39 is 5.82 Å². The average molecular weight is 449 g/mol. The van der Waals surface area contributed by atoms with E-state index in [0.717, 1.165) is 24.2 Å². The molecule has 0 saturated heterocycles. The van der Waals surface area contributed by atoms with Crippen LogP contribution in [0.5, 0.6) is 0 Å². The average Bonchev–Trinajstić information content (AvgIpc) is 3.55. The number of fused-ring (bicyclic) bond motifs is 1. The minimum absolute atomic E-state index is 0.121. The van der Waals surface area contributed by atoms with Crippen LogP contribution in [0.3, 0.4) is 0 Å². The Hall–Kier alpha value is -3.59. The first-order valence-corrected chi connectivity index (χ1v) is 11.1. The number of halogens is 1. The maximum atomic E-state index is 14.3. The van der Waals surface area contributed by atoms with E-state index in [4.69, 9.17) is 0 Å². The van der Waals surface area contributed by atoms with Gasteiger partial charge in [0.05, 0.1) is 17.8 Å². The van der Waals surface area contributed by atoms with E-state index in [1.807, 2.05) is 6.07 Å². The van der Waals surface area contributed by atoms with Crippen LogP contribution in [0.25, 0.3) is 22.2 Å². The lowest BCUT2D eigenvalue weighted by atomic mass is 10.0. The molecule has 0 unspecified atom stereocenters. The first-order valence-electron chi connectivity index (χ1n) is 11.1. The molecular weight excluding hydrogens is 423 g/mol. The number of nitrogens with one attached hydrogen (secondary N) is 2.